The number of aliphatic carboxylic acids is 7. The van der Waals surface area contributed by atoms with E-state index < -0.39 is 204 Å². The predicted molar refractivity (Wildman–Crippen MR) is 398 cm³/mol. The van der Waals surface area contributed by atoms with Crippen molar-refractivity contribution in [3.05, 3.63) is 41.7 Å². The lowest BCUT2D eigenvalue weighted by Crippen LogP contribution is -2.57. The third kappa shape index (κ3) is 36.3. The standard InChI is InChI=1S/C68H109FN11O25P3Si/c1-67(2,3)109(69,68(4,5)6)51-19-14-45(15-20-51)61(92)72-40-54(80-41-48(75-76-80)39-71-56(84)25-35-107(102,103)43-78-30-28-77(42-106-34-24-59(88)89)29-31-79(33-32-78)44-108(104,105)36-26-60(90)91)62(93)74-53(66(100)101)13-9-10-27-70-55(83)22-18-49(81)11-7-8-12-52(65(98)99)73-57(85)21-16-46(63(94)95)37-50(82)38-47(64(96)97)17-23-58(86)87/h14-15,19-20,41,46-47,52-54,106H,7-13,16-18,21-40,42-44H2,1-6H3,(H,70,83)(H,71,84)(H,72,92)(H,73,85)(H,74,93)(H,86,87)(H,88,89)(H,90,91)(H,94,95)(H,96,97)(H,98,99)(H,100,101)(H,102,103)(H,104,105)/t46-,47-,52-,53+,54-/m1/s1. The summed E-state index contributed by atoms with van der Waals surface area (Å²) in [4.78, 5) is 200. The topological polar surface area (TPSA) is 556 Å². The first-order valence-electron chi connectivity index (χ1n) is 36.0. The molecule has 0 aliphatic carbocycles. The summed E-state index contributed by atoms with van der Waals surface area (Å²) < 4.78 is 45.0. The van der Waals surface area contributed by atoms with Gasteiger partial charge in [0.05, 0.1) is 43.6 Å². The van der Waals surface area contributed by atoms with Gasteiger partial charge in [-0.3, -0.25) is 81.4 Å². The molecule has 14 N–H and O–H groups in total. The Hall–Kier alpha value is -7.82. The third-order valence-corrected chi connectivity index (χ3v) is 28.4. The van der Waals surface area contributed by atoms with Gasteiger partial charge in [0.25, 0.3) is 14.3 Å². The fourth-order valence-electron chi connectivity index (χ4n) is 12.4. The second-order valence-electron chi connectivity index (χ2n) is 29.4. The van der Waals surface area contributed by atoms with Gasteiger partial charge in [-0.15, -0.1) is 13.7 Å². The minimum atomic E-state index is -4.08. The fourth-order valence-corrected chi connectivity index (χ4v) is 21.4. The number of nitrogens with zero attached hydrogens (tertiary/aromatic N) is 6. The van der Waals surface area contributed by atoms with Crippen molar-refractivity contribution in [2.24, 2.45) is 11.8 Å². The van der Waals surface area contributed by atoms with Gasteiger partial charge >= 0.3 is 41.8 Å². The molecule has 0 radical (unpaired) electrons. The van der Waals surface area contributed by atoms with Gasteiger partial charge in [0.15, 0.2) is 0 Å². The maximum Gasteiger partial charge on any atom is 0.326 e. The van der Waals surface area contributed by atoms with Gasteiger partial charge < -0.3 is 76.2 Å². The average molecular weight is 1620 g/mol. The van der Waals surface area contributed by atoms with Crippen molar-refractivity contribution in [1.29, 1.82) is 0 Å². The van der Waals surface area contributed by atoms with E-state index in [-0.39, 0.29) is 135 Å². The van der Waals surface area contributed by atoms with Crippen molar-refractivity contribution >= 4 is 120 Å². The highest BCUT2D eigenvalue weighted by atomic mass is 31.2. The van der Waals surface area contributed by atoms with Crippen molar-refractivity contribution in [3.63, 3.8) is 0 Å². The monoisotopic (exact) mass is 1620 g/mol. The molecule has 3 rings (SSSR count). The normalized spacial score (nSPS) is 16.1. The van der Waals surface area contributed by atoms with Gasteiger partial charge in [0.2, 0.25) is 38.4 Å². The zero-order chi connectivity index (χ0) is 82.0. The number of unbranched alkanes of at least 4 members (excludes halogenated alkanes) is 2. The highest BCUT2D eigenvalue weighted by Crippen LogP contribution is 2.51. The molecule has 2 heterocycles. The number of carbonyl (C=O) groups is 14. The molecular formula is C68H109FN11O25P3Si. The predicted octanol–water partition coefficient (Wildman–Crippen LogP) is 3.67. The third-order valence-electron chi connectivity index (χ3n) is 18.4. The maximum absolute atomic E-state index is 17.2. The minimum absolute atomic E-state index is 0.0286. The molecule has 2 aromatic rings. The second kappa shape index (κ2) is 46.1. The summed E-state index contributed by atoms with van der Waals surface area (Å²) in [6, 6.07) is 1.62. The quantitative estimate of drug-likeness (QED) is 0.0194. The lowest BCUT2D eigenvalue weighted by Gasteiger charge is -2.44. The van der Waals surface area contributed by atoms with E-state index in [0.29, 0.717) is 43.8 Å². The summed E-state index contributed by atoms with van der Waals surface area (Å²) in [5.74, 6) is -16.7. The van der Waals surface area contributed by atoms with Gasteiger partial charge in [-0.2, -0.15) is 0 Å². The smallest absolute Gasteiger partial charge is 0.326 e. The van der Waals surface area contributed by atoms with Crippen molar-refractivity contribution in [3.8, 4) is 0 Å². The Morgan fingerprint density at radius 1 is 0.541 bits per heavy atom. The molecule has 5 amide bonds. The van der Waals surface area contributed by atoms with Gasteiger partial charge in [0.1, 0.15) is 35.4 Å². The van der Waals surface area contributed by atoms with Crippen LogP contribution in [0.4, 0.5) is 4.11 Å². The molecule has 1 aliphatic rings. The van der Waals surface area contributed by atoms with E-state index in [4.69, 9.17) is 15.3 Å². The largest absolute Gasteiger partial charge is 0.481 e. The first kappa shape index (κ1) is 95.4. The summed E-state index contributed by atoms with van der Waals surface area (Å²) in [5.41, 5.74) is 0.181. The van der Waals surface area contributed by atoms with Crippen LogP contribution in [0.2, 0.25) is 10.1 Å². The molecule has 3 unspecified atom stereocenters. The van der Waals surface area contributed by atoms with Gasteiger partial charge in [-0.05, 0) is 78.5 Å². The van der Waals surface area contributed by atoms with Gasteiger partial charge in [-0.25, -0.2) is 14.3 Å². The van der Waals surface area contributed by atoms with Crippen LogP contribution < -0.4 is 31.8 Å². The lowest BCUT2D eigenvalue weighted by atomic mass is 9.90. The zero-order valence-corrected chi connectivity index (χ0v) is 66.4. The summed E-state index contributed by atoms with van der Waals surface area (Å²) in [5, 5.41) is 85.8. The number of nitrogens with one attached hydrogen (secondary N) is 5. The SMILES string of the molecule is CC(C)(C)[Si](F)(c1ccc(C(=O)NC[C@H](C(=O)N[C@@H](CCCCNC(=O)CCC(=O)CCCC[C@@H](NC(=O)CC[C@H](CC(=O)C[C@@H](CCC(=O)O)C(=O)O)C(=O)O)C(=O)O)C(=O)O)n2cc(CNC(=O)CCP(=O)(O)CN3CCN(CPCCC(=O)O)CCN(CP(=O)(O)CCC(=O)O)CC3)nn2)cc1)C(C)(C)C. The minimum Gasteiger partial charge on any atom is -0.481 e. The van der Waals surface area contributed by atoms with E-state index in [1.807, 2.05) is 46.4 Å². The molecule has 36 nitrogen and oxygen atoms in total. The molecule has 0 bridgehead atoms. The Balaban J connectivity index is 1.62. The van der Waals surface area contributed by atoms with Crippen molar-refractivity contribution in [2.45, 2.75) is 192 Å². The molecule has 8 atom stereocenters. The van der Waals surface area contributed by atoms with E-state index in [0.717, 1.165) is 4.68 Å². The van der Waals surface area contributed by atoms with Crippen LogP contribution in [0.25, 0.3) is 0 Å². The number of halogens is 1. The zero-order valence-electron chi connectivity index (χ0n) is 62.6. The average Bonchev–Trinajstić information content (AvgIpc) is 0.940. The number of rotatable bonds is 52. The van der Waals surface area contributed by atoms with Crippen LogP contribution in [0.3, 0.4) is 0 Å². The number of carboxylic acid groups (broad SMARTS) is 7. The molecule has 1 fully saturated rings. The first-order chi connectivity index (χ1) is 50.8. The molecular weight excluding hydrogens is 1510 g/mol. The van der Waals surface area contributed by atoms with Crippen LogP contribution in [0, 0.1) is 11.8 Å². The molecule has 41 heteroatoms. The lowest BCUT2D eigenvalue weighted by molar-refractivity contribution is -0.146. The number of carboxylic acids is 7. The Bertz CT molecular complexity index is 3550. The van der Waals surface area contributed by atoms with Gasteiger partial charge in [-0.1, -0.05) is 65.3 Å². The van der Waals surface area contributed by atoms with Crippen molar-refractivity contribution in [1.82, 2.24) is 56.3 Å². The molecule has 1 aliphatic heterocycles. The number of aromatic nitrogens is 3. The second-order valence-corrected chi connectivity index (χ2v) is 40.4. The van der Waals surface area contributed by atoms with Crippen LogP contribution in [0.15, 0.2) is 30.5 Å². The molecule has 0 saturated carbocycles. The molecule has 0 spiro atoms. The molecule has 1 aromatic heterocycles. The van der Waals surface area contributed by atoms with E-state index >= 15 is 4.11 Å². The summed E-state index contributed by atoms with van der Waals surface area (Å²) in [6.45, 7) is 12.0. The molecule has 612 valence electrons. The molecule has 109 heavy (non-hydrogen) atoms. The van der Waals surface area contributed by atoms with Crippen molar-refractivity contribution < 1.29 is 126 Å². The summed E-state index contributed by atoms with van der Waals surface area (Å²) in [6.07, 6.45) is -3.46. The fraction of sp³-hybridized carbons (Fsp3) is 0.676. The summed E-state index contributed by atoms with van der Waals surface area (Å²) in [7, 11) is -11.5. The molecule has 1 saturated heterocycles. The number of carbonyl (C=O) groups excluding carboxylic acids is 7. The van der Waals surface area contributed by atoms with Crippen LogP contribution in [0.1, 0.15) is 179 Å². The first-order valence-corrected chi connectivity index (χ1v) is 43.4. The number of Topliss-reactive ketones (excluding diaryl/α,β-unsaturated/α-hetero) is 2. The van der Waals surface area contributed by atoms with Gasteiger partial charge in [0, 0.05) is 134 Å². The Kier molecular flexibility index (Phi) is 40.4. The Morgan fingerprint density at radius 3 is 1.55 bits per heavy atom. The van der Waals surface area contributed by atoms with E-state index in [1.165, 1.54) is 18.3 Å². The van der Waals surface area contributed by atoms with E-state index in [1.54, 1.807) is 21.9 Å². The van der Waals surface area contributed by atoms with Crippen LogP contribution >= 0.6 is 23.3 Å². The van der Waals surface area contributed by atoms with Crippen LogP contribution in [0.5, 0.6) is 0 Å². The Morgan fingerprint density at radius 2 is 1.04 bits per heavy atom. The number of ketones is 2. The number of hydrogen-bond donors (Lipinski definition) is 14. The Labute approximate surface area is 634 Å². The van der Waals surface area contributed by atoms with Crippen LogP contribution in [-0.4, -0.2) is 268 Å². The van der Waals surface area contributed by atoms with Crippen molar-refractivity contribution in [2.75, 3.05) is 89.7 Å². The number of hydrogen-bond acceptors (Lipinski definition) is 21. The van der Waals surface area contributed by atoms with E-state index in [2.05, 4.69) is 36.9 Å². The maximum atomic E-state index is 17.2. The highest BCUT2D eigenvalue weighted by Gasteiger charge is 2.56. The van der Waals surface area contributed by atoms with Crippen LogP contribution in [-0.2, 0) is 78.0 Å². The number of benzene rings is 1. The number of amides is 5. The highest BCUT2D eigenvalue weighted by molar-refractivity contribution is 7.58. The summed E-state index contributed by atoms with van der Waals surface area (Å²) >= 11 is 0. The van der Waals surface area contributed by atoms with E-state index in [9.17, 15) is 106 Å². The molecule has 1 aromatic carbocycles.